The number of nitrogens with zero attached hydrogens (tertiary/aromatic N) is 2. The number of benzene rings is 3. The van der Waals surface area contributed by atoms with Gasteiger partial charge in [0.05, 0.1) is 6.20 Å². The van der Waals surface area contributed by atoms with Gasteiger partial charge < -0.3 is 4.74 Å². The Hall–Kier alpha value is -2.91. The topological polar surface area (TPSA) is 35.0 Å². The van der Waals surface area contributed by atoms with Crippen molar-refractivity contribution in [3.05, 3.63) is 89.6 Å². The molecule has 122 valence electrons. The van der Waals surface area contributed by atoms with Gasteiger partial charge >= 0.3 is 0 Å². The van der Waals surface area contributed by atoms with Crippen LogP contribution in [0.1, 0.15) is 5.56 Å². The summed E-state index contributed by atoms with van der Waals surface area (Å²) in [5.41, 5.74) is 2.90. The van der Waals surface area contributed by atoms with E-state index in [-0.39, 0.29) is 0 Å². The van der Waals surface area contributed by atoms with Gasteiger partial charge in [0.25, 0.3) is 0 Å². The highest BCUT2D eigenvalue weighted by Gasteiger charge is 2.08. The first-order valence-electron chi connectivity index (χ1n) is 7.98. The second-order valence-electron chi connectivity index (χ2n) is 5.73. The number of ether oxygens (including phenoxy) is 1. The fraction of sp³-hybridized carbons (Fsp3) is 0.0476. The number of hydrogen-bond acceptors (Lipinski definition) is 3. The van der Waals surface area contributed by atoms with Gasteiger partial charge in [0, 0.05) is 21.4 Å². The summed E-state index contributed by atoms with van der Waals surface area (Å²) in [4.78, 5) is 0. The first kappa shape index (κ1) is 15.6. The van der Waals surface area contributed by atoms with Crippen molar-refractivity contribution in [2.45, 2.75) is 6.61 Å². The van der Waals surface area contributed by atoms with Gasteiger partial charge in [-0.05, 0) is 35.9 Å². The second kappa shape index (κ2) is 6.91. The molecule has 1 aromatic heterocycles. The molecule has 1 heterocycles. The van der Waals surface area contributed by atoms with Crippen LogP contribution >= 0.6 is 11.6 Å². The summed E-state index contributed by atoms with van der Waals surface area (Å²) in [7, 11) is 0. The van der Waals surface area contributed by atoms with E-state index in [1.54, 1.807) is 6.20 Å². The van der Waals surface area contributed by atoms with Crippen molar-refractivity contribution in [1.29, 1.82) is 0 Å². The first-order valence-corrected chi connectivity index (χ1v) is 8.35. The number of fused-ring (bicyclic) bond motifs is 1. The molecule has 0 spiro atoms. The molecule has 0 aliphatic rings. The predicted molar refractivity (Wildman–Crippen MR) is 101 cm³/mol. The number of hydrogen-bond donors (Lipinski definition) is 0. The Morgan fingerprint density at radius 2 is 1.76 bits per heavy atom. The van der Waals surface area contributed by atoms with E-state index in [0.717, 1.165) is 33.3 Å². The lowest BCUT2D eigenvalue weighted by Gasteiger charge is -2.09. The molecule has 0 fully saturated rings. The van der Waals surface area contributed by atoms with Crippen molar-refractivity contribution in [2.24, 2.45) is 0 Å². The molecular weight excluding hydrogens is 332 g/mol. The maximum Gasteiger partial charge on any atom is 0.120 e. The van der Waals surface area contributed by atoms with E-state index in [1.165, 1.54) is 0 Å². The molecular formula is C21H15ClN2O. The van der Waals surface area contributed by atoms with Gasteiger partial charge in [-0.15, -0.1) is 5.10 Å². The molecule has 4 heteroatoms. The number of rotatable bonds is 4. The van der Waals surface area contributed by atoms with Gasteiger partial charge in [0.1, 0.15) is 18.1 Å². The van der Waals surface area contributed by atoms with Crippen LogP contribution in [0.5, 0.6) is 5.75 Å². The minimum Gasteiger partial charge on any atom is -0.489 e. The molecule has 0 aliphatic heterocycles. The summed E-state index contributed by atoms with van der Waals surface area (Å²) in [5.74, 6) is 0.807. The smallest absolute Gasteiger partial charge is 0.120 e. The van der Waals surface area contributed by atoms with Gasteiger partial charge in [-0.1, -0.05) is 54.1 Å². The summed E-state index contributed by atoms with van der Waals surface area (Å²) in [5, 5.41) is 11.1. The Morgan fingerprint density at radius 1 is 0.880 bits per heavy atom. The van der Waals surface area contributed by atoms with Crippen molar-refractivity contribution in [1.82, 2.24) is 10.2 Å². The Morgan fingerprint density at radius 3 is 2.60 bits per heavy atom. The van der Waals surface area contributed by atoms with Gasteiger partial charge in [-0.2, -0.15) is 5.10 Å². The number of halogens is 1. The molecule has 0 bridgehead atoms. The third-order valence-electron chi connectivity index (χ3n) is 3.98. The molecule has 25 heavy (non-hydrogen) atoms. The molecule has 0 aliphatic carbocycles. The summed E-state index contributed by atoms with van der Waals surface area (Å²) in [6, 6.07) is 23.7. The fourth-order valence-electron chi connectivity index (χ4n) is 2.75. The van der Waals surface area contributed by atoms with Crippen LogP contribution in [0.15, 0.2) is 79.0 Å². The van der Waals surface area contributed by atoms with Gasteiger partial charge in [-0.3, -0.25) is 0 Å². The quantitative estimate of drug-likeness (QED) is 0.487. The standard InChI is InChI=1S/C21H15ClN2O/c22-18-8-4-7-16(11-18)21-20-10-9-19(12-17(20)13-23-24-21)25-14-15-5-2-1-3-6-15/h1-13H,14H2. The molecule has 0 atom stereocenters. The van der Waals surface area contributed by atoms with E-state index in [4.69, 9.17) is 16.3 Å². The molecule has 0 unspecified atom stereocenters. The molecule has 0 saturated carbocycles. The SMILES string of the molecule is Clc1cccc(-c2nncc3cc(OCc4ccccc4)ccc23)c1. The van der Waals surface area contributed by atoms with Crippen molar-refractivity contribution in [3.8, 4) is 17.0 Å². The molecule has 3 aromatic carbocycles. The minimum atomic E-state index is 0.534. The second-order valence-corrected chi connectivity index (χ2v) is 6.16. The van der Waals surface area contributed by atoms with Crippen molar-refractivity contribution in [3.63, 3.8) is 0 Å². The van der Waals surface area contributed by atoms with Crippen LogP contribution in [0.4, 0.5) is 0 Å². The van der Waals surface area contributed by atoms with E-state index >= 15 is 0 Å². The van der Waals surface area contributed by atoms with Crippen molar-refractivity contribution in [2.75, 3.05) is 0 Å². The zero-order valence-electron chi connectivity index (χ0n) is 13.4. The lowest BCUT2D eigenvalue weighted by atomic mass is 10.1. The molecule has 4 aromatic rings. The largest absolute Gasteiger partial charge is 0.489 e. The monoisotopic (exact) mass is 346 g/mol. The number of aromatic nitrogens is 2. The van der Waals surface area contributed by atoms with Crippen LogP contribution in [0.25, 0.3) is 22.0 Å². The summed E-state index contributed by atoms with van der Waals surface area (Å²) >= 11 is 6.10. The van der Waals surface area contributed by atoms with E-state index < -0.39 is 0 Å². The average Bonchev–Trinajstić information content (AvgIpc) is 2.66. The molecule has 3 nitrogen and oxygen atoms in total. The van der Waals surface area contributed by atoms with Crippen LogP contribution in [0, 0.1) is 0 Å². The predicted octanol–water partition coefficient (Wildman–Crippen LogP) is 5.53. The molecule has 0 N–H and O–H groups in total. The van der Waals surface area contributed by atoms with Crippen LogP contribution in [0.2, 0.25) is 5.02 Å². The lowest BCUT2D eigenvalue weighted by Crippen LogP contribution is -1.95. The Labute approximate surface area is 150 Å². The summed E-state index contributed by atoms with van der Waals surface area (Å²) < 4.78 is 5.90. The highest BCUT2D eigenvalue weighted by atomic mass is 35.5. The highest BCUT2D eigenvalue weighted by molar-refractivity contribution is 6.30. The van der Waals surface area contributed by atoms with Crippen LogP contribution in [0.3, 0.4) is 0 Å². The Kier molecular flexibility index (Phi) is 4.32. The lowest BCUT2D eigenvalue weighted by molar-refractivity contribution is 0.306. The highest BCUT2D eigenvalue weighted by Crippen LogP contribution is 2.29. The zero-order valence-corrected chi connectivity index (χ0v) is 14.1. The van der Waals surface area contributed by atoms with Crippen LogP contribution < -0.4 is 4.74 Å². The maximum absolute atomic E-state index is 6.10. The van der Waals surface area contributed by atoms with Gasteiger partial charge in [0.2, 0.25) is 0 Å². The van der Waals surface area contributed by atoms with Crippen molar-refractivity contribution < 1.29 is 4.74 Å². The average molecular weight is 347 g/mol. The van der Waals surface area contributed by atoms with Gasteiger partial charge in [0.15, 0.2) is 0 Å². The Bertz CT molecular complexity index is 1020. The third kappa shape index (κ3) is 3.47. The van der Waals surface area contributed by atoms with Gasteiger partial charge in [-0.25, -0.2) is 0 Å². The Balaban J connectivity index is 1.66. The molecule has 0 amide bonds. The maximum atomic E-state index is 6.10. The van der Waals surface area contributed by atoms with E-state index in [9.17, 15) is 0 Å². The third-order valence-corrected chi connectivity index (χ3v) is 4.21. The van der Waals surface area contributed by atoms with E-state index in [1.807, 2.05) is 72.8 Å². The summed E-state index contributed by atoms with van der Waals surface area (Å²) in [6.07, 6.45) is 1.75. The fourth-order valence-corrected chi connectivity index (χ4v) is 2.94. The molecule has 0 saturated heterocycles. The van der Waals surface area contributed by atoms with Crippen LogP contribution in [-0.2, 0) is 6.61 Å². The van der Waals surface area contributed by atoms with Crippen molar-refractivity contribution >= 4 is 22.4 Å². The summed E-state index contributed by atoms with van der Waals surface area (Å²) in [6.45, 7) is 0.534. The van der Waals surface area contributed by atoms with E-state index in [2.05, 4.69) is 10.2 Å². The normalized spacial score (nSPS) is 10.8. The molecule has 4 rings (SSSR count). The first-order chi connectivity index (χ1) is 12.3. The minimum absolute atomic E-state index is 0.534. The van der Waals surface area contributed by atoms with E-state index in [0.29, 0.717) is 11.6 Å². The van der Waals surface area contributed by atoms with Crippen LogP contribution in [-0.4, -0.2) is 10.2 Å². The zero-order chi connectivity index (χ0) is 17.1. The molecule has 0 radical (unpaired) electrons.